The summed E-state index contributed by atoms with van der Waals surface area (Å²) < 4.78 is 0. The Labute approximate surface area is 135 Å². The monoisotopic (exact) mass is 305 g/mol. The highest BCUT2D eigenvalue weighted by Gasteiger charge is 2.20. The first-order chi connectivity index (χ1) is 10.8. The van der Waals surface area contributed by atoms with Gasteiger partial charge in [0, 0.05) is 11.2 Å². The van der Waals surface area contributed by atoms with Gasteiger partial charge in [0.25, 0.3) is 0 Å². The zero-order valence-corrected chi connectivity index (χ0v) is 12.9. The van der Waals surface area contributed by atoms with Crippen LogP contribution in [0.5, 0.6) is 0 Å². The van der Waals surface area contributed by atoms with Crippen LogP contribution in [0.3, 0.4) is 0 Å². The summed E-state index contributed by atoms with van der Waals surface area (Å²) in [6.45, 7) is 4.32. The molecule has 0 aliphatic rings. The van der Waals surface area contributed by atoms with E-state index in [0.29, 0.717) is 5.02 Å². The molecule has 0 amide bonds. The number of hydrogen-bond donors (Lipinski definition) is 0. The van der Waals surface area contributed by atoms with Crippen molar-refractivity contribution in [1.29, 1.82) is 0 Å². The summed E-state index contributed by atoms with van der Waals surface area (Å²) in [5, 5.41) is 0.714. The Bertz CT molecular complexity index is 726. The number of benzene rings is 2. The van der Waals surface area contributed by atoms with Gasteiger partial charge in [-0.15, -0.1) is 0 Å². The zero-order valence-electron chi connectivity index (χ0n) is 12.1. The van der Waals surface area contributed by atoms with Crippen LogP contribution in [-0.4, -0.2) is 4.98 Å². The van der Waals surface area contributed by atoms with Crippen LogP contribution in [-0.2, 0) is 0 Å². The van der Waals surface area contributed by atoms with Crippen molar-refractivity contribution in [1.82, 2.24) is 4.98 Å². The number of halogens is 1. The van der Waals surface area contributed by atoms with Gasteiger partial charge < -0.3 is 0 Å². The summed E-state index contributed by atoms with van der Waals surface area (Å²) in [4.78, 5) is 4.53. The number of allylic oxidation sites excluding steroid dienone is 1. The first-order valence-electron chi connectivity index (χ1n) is 7.16. The van der Waals surface area contributed by atoms with E-state index in [4.69, 9.17) is 11.6 Å². The van der Waals surface area contributed by atoms with E-state index in [1.165, 1.54) is 5.56 Å². The van der Waals surface area contributed by atoms with E-state index in [1.54, 1.807) is 0 Å². The quantitative estimate of drug-likeness (QED) is 0.613. The van der Waals surface area contributed by atoms with Crippen LogP contribution in [0.15, 0.2) is 85.6 Å². The summed E-state index contributed by atoms with van der Waals surface area (Å²) in [6.07, 6.45) is 1.82. The van der Waals surface area contributed by atoms with Crippen molar-refractivity contribution in [3.05, 3.63) is 107 Å². The minimum Gasteiger partial charge on any atom is -0.260 e. The third-order valence-corrected chi connectivity index (χ3v) is 3.90. The Balaban J connectivity index is 2.08. The van der Waals surface area contributed by atoms with Gasteiger partial charge in [0.2, 0.25) is 0 Å². The first-order valence-corrected chi connectivity index (χ1v) is 7.54. The average molecular weight is 306 g/mol. The van der Waals surface area contributed by atoms with Gasteiger partial charge in [-0.25, -0.2) is 0 Å². The molecule has 0 aliphatic carbocycles. The summed E-state index contributed by atoms with van der Waals surface area (Å²) in [5.41, 5.74) is 4.18. The summed E-state index contributed by atoms with van der Waals surface area (Å²) in [7, 11) is 0. The van der Waals surface area contributed by atoms with E-state index in [1.807, 2.05) is 66.9 Å². The molecule has 1 nitrogen and oxygen atoms in total. The Morgan fingerprint density at radius 3 is 2.36 bits per heavy atom. The SMILES string of the molecule is C=C(c1cccc(Cl)c1)[C@H](c1ccccc1)c1ccccn1. The molecule has 0 fully saturated rings. The number of rotatable bonds is 4. The second-order valence-electron chi connectivity index (χ2n) is 5.13. The maximum absolute atomic E-state index is 6.13. The van der Waals surface area contributed by atoms with Gasteiger partial charge in [0.05, 0.1) is 11.6 Å². The standard InChI is InChI=1S/C20H16ClN/c1-15(17-10-7-11-18(21)14-17)20(16-8-3-2-4-9-16)19-12-5-6-13-22-19/h2-14,20H,1H2/t20-/m1/s1. The van der Waals surface area contributed by atoms with E-state index >= 15 is 0 Å². The largest absolute Gasteiger partial charge is 0.260 e. The molecule has 2 heteroatoms. The van der Waals surface area contributed by atoms with Gasteiger partial charge in [-0.05, 0) is 41.0 Å². The Kier molecular flexibility index (Phi) is 4.36. The van der Waals surface area contributed by atoms with Crippen LogP contribution in [0.2, 0.25) is 5.02 Å². The van der Waals surface area contributed by atoms with Crippen LogP contribution in [0.25, 0.3) is 5.57 Å². The van der Waals surface area contributed by atoms with Gasteiger partial charge in [-0.1, -0.05) is 66.7 Å². The molecular weight excluding hydrogens is 290 g/mol. The van der Waals surface area contributed by atoms with Gasteiger partial charge in [-0.2, -0.15) is 0 Å². The molecule has 0 radical (unpaired) electrons. The lowest BCUT2D eigenvalue weighted by molar-refractivity contribution is 0.973. The second kappa shape index (κ2) is 6.59. The molecule has 1 atom stereocenters. The number of hydrogen-bond acceptors (Lipinski definition) is 1. The predicted molar refractivity (Wildman–Crippen MR) is 93.0 cm³/mol. The highest BCUT2D eigenvalue weighted by Crippen LogP contribution is 2.36. The fourth-order valence-corrected chi connectivity index (χ4v) is 2.79. The normalized spacial score (nSPS) is 11.9. The number of pyridine rings is 1. The molecule has 0 unspecified atom stereocenters. The lowest BCUT2D eigenvalue weighted by atomic mass is 9.85. The Hall–Kier alpha value is -2.38. The van der Waals surface area contributed by atoms with Gasteiger partial charge >= 0.3 is 0 Å². The molecule has 1 aromatic heterocycles. The fraction of sp³-hybridized carbons (Fsp3) is 0.0500. The highest BCUT2D eigenvalue weighted by atomic mass is 35.5. The fourth-order valence-electron chi connectivity index (χ4n) is 2.60. The molecule has 108 valence electrons. The molecule has 0 aliphatic heterocycles. The van der Waals surface area contributed by atoms with Crippen LogP contribution in [0.4, 0.5) is 0 Å². The molecule has 3 aromatic rings. The van der Waals surface area contributed by atoms with Gasteiger partial charge in [-0.3, -0.25) is 4.98 Å². The molecule has 0 N–H and O–H groups in total. The van der Waals surface area contributed by atoms with E-state index < -0.39 is 0 Å². The predicted octanol–water partition coefficient (Wildman–Crippen LogP) is 5.58. The summed E-state index contributed by atoms with van der Waals surface area (Å²) in [5.74, 6) is 0.0147. The molecule has 0 bridgehead atoms. The third-order valence-electron chi connectivity index (χ3n) is 3.66. The lowest BCUT2D eigenvalue weighted by Gasteiger charge is -2.20. The summed E-state index contributed by atoms with van der Waals surface area (Å²) in [6, 6.07) is 24.1. The van der Waals surface area contributed by atoms with E-state index in [9.17, 15) is 0 Å². The maximum Gasteiger partial charge on any atom is 0.0522 e. The average Bonchev–Trinajstić information content (AvgIpc) is 2.57. The van der Waals surface area contributed by atoms with Crippen molar-refractivity contribution in [2.24, 2.45) is 0 Å². The minimum atomic E-state index is 0.0147. The lowest BCUT2D eigenvalue weighted by Crippen LogP contribution is -2.05. The van der Waals surface area contributed by atoms with Crippen molar-refractivity contribution in [2.45, 2.75) is 5.92 Å². The van der Waals surface area contributed by atoms with Crippen molar-refractivity contribution in [2.75, 3.05) is 0 Å². The Morgan fingerprint density at radius 2 is 1.68 bits per heavy atom. The topological polar surface area (TPSA) is 12.9 Å². The number of nitrogens with zero attached hydrogens (tertiary/aromatic N) is 1. The van der Waals surface area contributed by atoms with Crippen molar-refractivity contribution in [3.63, 3.8) is 0 Å². The highest BCUT2D eigenvalue weighted by molar-refractivity contribution is 6.30. The molecule has 1 heterocycles. The second-order valence-corrected chi connectivity index (χ2v) is 5.57. The van der Waals surface area contributed by atoms with Crippen LogP contribution >= 0.6 is 11.6 Å². The zero-order chi connectivity index (χ0) is 15.4. The minimum absolute atomic E-state index is 0.0147. The van der Waals surface area contributed by atoms with E-state index in [-0.39, 0.29) is 5.92 Å². The third kappa shape index (κ3) is 3.10. The molecule has 0 saturated heterocycles. The van der Waals surface area contributed by atoms with Crippen LogP contribution in [0.1, 0.15) is 22.7 Å². The first kappa shape index (κ1) is 14.6. The maximum atomic E-state index is 6.13. The molecule has 0 spiro atoms. The molecular formula is C20H16ClN. The van der Waals surface area contributed by atoms with Gasteiger partial charge in [0.1, 0.15) is 0 Å². The molecule has 3 rings (SSSR count). The number of aromatic nitrogens is 1. The van der Waals surface area contributed by atoms with Gasteiger partial charge in [0.15, 0.2) is 0 Å². The van der Waals surface area contributed by atoms with Crippen molar-refractivity contribution in [3.8, 4) is 0 Å². The summed E-state index contributed by atoms with van der Waals surface area (Å²) >= 11 is 6.13. The van der Waals surface area contributed by atoms with E-state index in [0.717, 1.165) is 16.8 Å². The van der Waals surface area contributed by atoms with Crippen LogP contribution < -0.4 is 0 Å². The Morgan fingerprint density at radius 1 is 0.909 bits per heavy atom. The molecule has 22 heavy (non-hydrogen) atoms. The molecule has 0 saturated carbocycles. The van der Waals surface area contributed by atoms with Crippen LogP contribution in [0, 0.1) is 0 Å². The molecule has 2 aromatic carbocycles. The van der Waals surface area contributed by atoms with E-state index in [2.05, 4.69) is 23.7 Å². The van der Waals surface area contributed by atoms with Crippen molar-refractivity contribution < 1.29 is 0 Å². The van der Waals surface area contributed by atoms with Crippen molar-refractivity contribution >= 4 is 17.2 Å². The smallest absolute Gasteiger partial charge is 0.0522 e.